The molecule has 0 saturated heterocycles. The monoisotopic (exact) mass is 278 g/mol. The number of benzene rings is 2. The molecule has 0 unspecified atom stereocenters. The Morgan fingerprint density at radius 3 is 2.62 bits per heavy atom. The van der Waals surface area contributed by atoms with Crippen LogP contribution in [0.15, 0.2) is 72.0 Å². The van der Waals surface area contributed by atoms with Gasteiger partial charge in [-0.25, -0.2) is 4.39 Å². The van der Waals surface area contributed by atoms with Crippen LogP contribution in [0.1, 0.15) is 11.1 Å². The maximum Gasteiger partial charge on any atom is 0.126 e. The van der Waals surface area contributed by atoms with Crippen molar-refractivity contribution in [1.82, 2.24) is 4.57 Å². The van der Waals surface area contributed by atoms with Crippen molar-refractivity contribution in [2.45, 2.75) is 6.92 Å². The lowest BCUT2D eigenvalue weighted by Crippen LogP contribution is -1.88. The average Bonchev–Trinajstić information content (AvgIpc) is 2.98. The molecule has 3 heteroatoms. The summed E-state index contributed by atoms with van der Waals surface area (Å²) >= 11 is 0. The van der Waals surface area contributed by atoms with E-state index in [0.29, 0.717) is 5.56 Å². The maximum atomic E-state index is 13.2. The molecule has 0 fully saturated rings. The molecule has 0 N–H and O–H groups in total. The first-order chi connectivity index (χ1) is 10.2. The smallest absolute Gasteiger partial charge is 0.126 e. The van der Waals surface area contributed by atoms with Crippen molar-refractivity contribution >= 4 is 11.9 Å². The molecule has 2 nitrogen and oxygen atoms in total. The second kappa shape index (κ2) is 5.75. The Balaban J connectivity index is 1.81. The molecule has 0 atom stereocenters. The number of halogens is 1. The van der Waals surface area contributed by atoms with E-state index in [0.717, 1.165) is 16.9 Å². The van der Waals surface area contributed by atoms with Crippen molar-refractivity contribution in [3.05, 3.63) is 83.9 Å². The van der Waals surface area contributed by atoms with Crippen LogP contribution in [-0.4, -0.2) is 10.8 Å². The number of aryl methyl sites for hydroxylation is 1. The first-order valence-electron chi connectivity index (χ1n) is 6.76. The van der Waals surface area contributed by atoms with E-state index in [4.69, 9.17) is 0 Å². The van der Waals surface area contributed by atoms with Gasteiger partial charge in [-0.1, -0.05) is 18.2 Å². The largest absolute Gasteiger partial charge is 0.323 e. The summed E-state index contributed by atoms with van der Waals surface area (Å²) in [6.07, 6.45) is 5.79. The summed E-state index contributed by atoms with van der Waals surface area (Å²) in [7, 11) is 0. The molecule has 0 amide bonds. The number of hydrogen-bond donors (Lipinski definition) is 0. The average molecular weight is 278 g/mol. The summed E-state index contributed by atoms with van der Waals surface area (Å²) in [5.74, 6) is -0.204. The van der Waals surface area contributed by atoms with Crippen LogP contribution < -0.4 is 0 Å². The van der Waals surface area contributed by atoms with Crippen LogP contribution in [0.3, 0.4) is 0 Å². The predicted octanol–water partition coefficient (Wildman–Crippen LogP) is 4.68. The standard InChI is InChI=1S/C18H15FN2/c1-14-11-16(7-8-18(14)19)20-12-15-9-10-21(13-15)17-5-3-2-4-6-17/h2-13H,1H3. The lowest BCUT2D eigenvalue weighted by molar-refractivity contribution is 0.618. The minimum atomic E-state index is -0.204. The number of hydrogen-bond acceptors (Lipinski definition) is 1. The highest BCUT2D eigenvalue weighted by atomic mass is 19.1. The predicted molar refractivity (Wildman–Crippen MR) is 84.2 cm³/mol. The van der Waals surface area contributed by atoms with Crippen LogP contribution in [-0.2, 0) is 0 Å². The quantitative estimate of drug-likeness (QED) is 0.619. The first-order valence-corrected chi connectivity index (χ1v) is 6.76. The second-order valence-corrected chi connectivity index (χ2v) is 4.88. The summed E-state index contributed by atoms with van der Waals surface area (Å²) in [6, 6.07) is 16.9. The molecule has 0 spiro atoms. The molecule has 0 aliphatic heterocycles. The number of para-hydroxylation sites is 1. The van der Waals surface area contributed by atoms with Crippen LogP contribution in [0.2, 0.25) is 0 Å². The molecule has 3 aromatic rings. The molecule has 1 heterocycles. The molecule has 0 aliphatic carbocycles. The molecular weight excluding hydrogens is 263 g/mol. The summed E-state index contributed by atoms with van der Waals surface area (Å²) in [5.41, 5.74) is 3.46. The Labute approximate surface area is 123 Å². The van der Waals surface area contributed by atoms with Gasteiger partial charge < -0.3 is 4.57 Å². The molecule has 104 valence electrons. The normalized spacial score (nSPS) is 11.1. The van der Waals surface area contributed by atoms with Gasteiger partial charge in [0.15, 0.2) is 0 Å². The number of nitrogens with zero attached hydrogens (tertiary/aromatic N) is 2. The maximum absolute atomic E-state index is 13.2. The van der Waals surface area contributed by atoms with Gasteiger partial charge >= 0.3 is 0 Å². The molecule has 1 aromatic heterocycles. The molecule has 3 rings (SSSR count). The molecule has 0 bridgehead atoms. The summed E-state index contributed by atoms with van der Waals surface area (Å²) in [4.78, 5) is 4.38. The van der Waals surface area contributed by atoms with Gasteiger partial charge in [-0.05, 0) is 48.9 Å². The van der Waals surface area contributed by atoms with E-state index in [1.54, 1.807) is 25.3 Å². The zero-order valence-electron chi connectivity index (χ0n) is 11.7. The van der Waals surface area contributed by atoms with E-state index in [2.05, 4.69) is 4.99 Å². The van der Waals surface area contributed by atoms with Crippen LogP contribution in [0.25, 0.3) is 5.69 Å². The highest BCUT2D eigenvalue weighted by Gasteiger charge is 1.99. The number of aliphatic imine (C=N–C) groups is 1. The lowest BCUT2D eigenvalue weighted by atomic mass is 10.2. The van der Waals surface area contributed by atoms with Gasteiger partial charge in [0.2, 0.25) is 0 Å². The molecule has 0 aliphatic rings. The third kappa shape index (κ3) is 3.08. The molecule has 21 heavy (non-hydrogen) atoms. The molecule has 0 radical (unpaired) electrons. The fourth-order valence-electron chi connectivity index (χ4n) is 2.11. The lowest BCUT2D eigenvalue weighted by Gasteiger charge is -2.00. The summed E-state index contributed by atoms with van der Waals surface area (Å²) in [5, 5.41) is 0. The van der Waals surface area contributed by atoms with E-state index in [9.17, 15) is 4.39 Å². The Kier molecular flexibility index (Phi) is 3.65. The Hall–Kier alpha value is -2.68. The number of aromatic nitrogens is 1. The van der Waals surface area contributed by atoms with Gasteiger partial charge in [0.05, 0.1) is 5.69 Å². The van der Waals surface area contributed by atoms with Crippen LogP contribution in [0.5, 0.6) is 0 Å². The van der Waals surface area contributed by atoms with Gasteiger partial charge in [0.25, 0.3) is 0 Å². The van der Waals surface area contributed by atoms with Crippen molar-refractivity contribution in [2.75, 3.05) is 0 Å². The summed E-state index contributed by atoms with van der Waals surface area (Å²) in [6.45, 7) is 1.74. The van der Waals surface area contributed by atoms with Crippen LogP contribution in [0, 0.1) is 12.7 Å². The SMILES string of the molecule is Cc1cc(N=Cc2ccn(-c3ccccc3)c2)ccc1F. The molecule has 0 saturated carbocycles. The van der Waals surface area contributed by atoms with Crippen molar-refractivity contribution < 1.29 is 4.39 Å². The minimum absolute atomic E-state index is 0.204. The van der Waals surface area contributed by atoms with E-state index < -0.39 is 0 Å². The fourth-order valence-corrected chi connectivity index (χ4v) is 2.11. The van der Waals surface area contributed by atoms with Crippen molar-refractivity contribution in [3.63, 3.8) is 0 Å². The van der Waals surface area contributed by atoms with Gasteiger partial charge in [0.1, 0.15) is 5.82 Å². The van der Waals surface area contributed by atoms with E-state index in [1.165, 1.54) is 6.07 Å². The Morgan fingerprint density at radius 1 is 1.05 bits per heavy atom. The van der Waals surface area contributed by atoms with Crippen molar-refractivity contribution in [1.29, 1.82) is 0 Å². The highest BCUT2D eigenvalue weighted by Crippen LogP contribution is 2.17. The van der Waals surface area contributed by atoms with Crippen LogP contribution >= 0.6 is 0 Å². The minimum Gasteiger partial charge on any atom is -0.323 e. The topological polar surface area (TPSA) is 17.3 Å². The highest BCUT2D eigenvalue weighted by molar-refractivity contribution is 5.81. The van der Waals surface area contributed by atoms with Gasteiger partial charge in [0, 0.05) is 29.9 Å². The Bertz CT molecular complexity index is 773. The second-order valence-electron chi connectivity index (χ2n) is 4.88. The van der Waals surface area contributed by atoms with E-state index in [1.807, 2.05) is 53.4 Å². The van der Waals surface area contributed by atoms with E-state index in [-0.39, 0.29) is 5.82 Å². The van der Waals surface area contributed by atoms with Crippen molar-refractivity contribution in [3.8, 4) is 5.69 Å². The number of rotatable bonds is 3. The van der Waals surface area contributed by atoms with Crippen LogP contribution in [0.4, 0.5) is 10.1 Å². The molecular formula is C18H15FN2. The van der Waals surface area contributed by atoms with Gasteiger partial charge in [-0.15, -0.1) is 0 Å². The summed E-state index contributed by atoms with van der Waals surface area (Å²) < 4.78 is 15.2. The van der Waals surface area contributed by atoms with E-state index >= 15 is 0 Å². The Morgan fingerprint density at radius 2 is 1.86 bits per heavy atom. The van der Waals surface area contributed by atoms with Gasteiger partial charge in [-0.3, -0.25) is 4.99 Å². The third-order valence-electron chi connectivity index (χ3n) is 3.27. The molecule has 2 aromatic carbocycles. The third-order valence-corrected chi connectivity index (χ3v) is 3.27. The van der Waals surface area contributed by atoms with Crippen molar-refractivity contribution in [2.24, 2.45) is 4.99 Å². The zero-order valence-corrected chi connectivity index (χ0v) is 11.7. The van der Waals surface area contributed by atoms with Gasteiger partial charge in [-0.2, -0.15) is 0 Å². The fraction of sp³-hybridized carbons (Fsp3) is 0.0556. The first kappa shape index (κ1) is 13.3. The zero-order chi connectivity index (χ0) is 14.7.